The minimum absolute atomic E-state index is 0.186. The van der Waals surface area contributed by atoms with E-state index in [0.29, 0.717) is 25.3 Å². The fourth-order valence-electron chi connectivity index (χ4n) is 2.15. The Labute approximate surface area is 154 Å². The van der Waals surface area contributed by atoms with E-state index >= 15 is 0 Å². The SMILES string of the molecule is Cc1ccc(Oc2c([Si])ccc(Cl)c2Cl)c([Si]C(C)(C)C)c1C. The second-order valence-corrected chi connectivity index (χ2v) is 10.2. The zero-order chi connectivity index (χ0) is 17.4. The maximum Gasteiger partial charge on any atom is 0.145 e. The van der Waals surface area contributed by atoms with Gasteiger partial charge in [-0.2, -0.15) is 0 Å². The first-order valence-electron chi connectivity index (χ1n) is 7.36. The van der Waals surface area contributed by atoms with Crippen molar-refractivity contribution in [3.05, 3.63) is 45.4 Å². The van der Waals surface area contributed by atoms with Crippen molar-refractivity contribution in [2.45, 2.75) is 39.7 Å². The molecule has 5 radical (unpaired) electrons. The highest BCUT2D eigenvalue weighted by Gasteiger charge is 2.21. The standard InChI is InChI=1S/C18H19Cl2OSi2/c1-10-6-8-13(17(11(10)2)23-18(3,4)5)21-16-14(22)9-7-12(19)15(16)20/h6-9H,1-5H3. The van der Waals surface area contributed by atoms with Crippen LogP contribution in [0.5, 0.6) is 11.5 Å². The van der Waals surface area contributed by atoms with Crippen LogP contribution in [0, 0.1) is 13.8 Å². The lowest BCUT2D eigenvalue weighted by Gasteiger charge is -2.23. The molecule has 0 bridgehead atoms. The molecule has 0 amide bonds. The van der Waals surface area contributed by atoms with Gasteiger partial charge in [0.2, 0.25) is 0 Å². The fraction of sp³-hybridized carbons (Fsp3) is 0.333. The van der Waals surface area contributed by atoms with Crippen molar-refractivity contribution in [1.29, 1.82) is 0 Å². The molecule has 0 spiro atoms. The number of benzene rings is 2. The Morgan fingerprint density at radius 3 is 2.30 bits per heavy atom. The molecule has 0 saturated carbocycles. The van der Waals surface area contributed by atoms with Crippen molar-refractivity contribution in [3.63, 3.8) is 0 Å². The molecule has 0 aliphatic carbocycles. The summed E-state index contributed by atoms with van der Waals surface area (Å²) >= 11 is 12.4. The summed E-state index contributed by atoms with van der Waals surface area (Å²) in [6.07, 6.45) is 0. The number of ether oxygens (including phenoxy) is 1. The smallest absolute Gasteiger partial charge is 0.145 e. The summed E-state index contributed by atoms with van der Waals surface area (Å²) in [6, 6.07) is 7.68. The van der Waals surface area contributed by atoms with Gasteiger partial charge in [-0.3, -0.25) is 0 Å². The highest BCUT2D eigenvalue weighted by Crippen LogP contribution is 2.33. The molecule has 0 saturated heterocycles. The molecule has 2 aromatic carbocycles. The molecule has 0 N–H and O–H groups in total. The highest BCUT2D eigenvalue weighted by atomic mass is 35.5. The predicted molar refractivity (Wildman–Crippen MR) is 103 cm³/mol. The Hall–Kier alpha value is -0.746. The molecular weight excluding hydrogens is 359 g/mol. The maximum absolute atomic E-state index is 6.32. The second kappa shape index (κ2) is 7.02. The number of rotatable bonds is 3. The summed E-state index contributed by atoms with van der Waals surface area (Å²) in [7, 11) is 4.18. The maximum atomic E-state index is 6.32. The Kier molecular flexibility index (Phi) is 5.67. The Balaban J connectivity index is 2.53. The van der Waals surface area contributed by atoms with Gasteiger partial charge in [0, 0.05) is 0 Å². The third kappa shape index (κ3) is 4.41. The molecule has 23 heavy (non-hydrogen) atoms. The van der Waals surface area contributed by atoms with Crippen LogP contribution >= 0.6 is 23.2 Å². The summed E-state index contributed by atoms with van der Waals surface area (Å²) in [6.45, 7) is 11.0. The third-order valence-corrected chi connectivity index (χ3v) is 6.26. The largest absolute Gasteiger partial charge is 0.456 e. The number of halogens is 2. The minimum atomic E-state index is 0.186. The lowest BCUT2D eigenvalue weighted by atomic mass is 10.1. The lowest BCUT2D eigenvalue weighted by Crippen LogP contribution is -2.28. The van der Waals surface area contributed by atoms with Crippen LogP contribution in [0.3, 0.4) is 0 Å². The summed E-state index contributed by atoms with van der Waals surface area (Å²) in [4.78, 5) is 0. The van der Waals surface area contributed by atoms with Crippen molar-refractivity contribution >= 4 is 53.3 Å². The molecule has 1 nitrogen and oxygen atoms in total. The Morgan fingerprint density at radius 1 is 1.04 bits per heavy atom. The number of hydrogen-bond acceptors (Lipinski definition) is 1. The molecule has 119 valence electrons. The second-order valence-electron chi connectivity index (χ2n) is 6.60. The lowest BCUT2D eigenvalue weighted by molar-refractivity contribution is 0.490. The molecular formula is C18H19Cl2OSi2. The molecule has 2 rings (SSSR count). The van der Waals surface area contributed by atoms with Crippen LogP contribution in [0.4, 0.5) is 0 Å². The van der Waals surface area contributed by atoms with Crippen molar-refractivity contribution < 1.29 is 4.74 Å². The Morgan fingerprint density at radius 2 is 1.70 bits per heavy atom. The average molecular weight is 378 g/mol. The normalized spacial score (nSPS) is 11.7. The fourth-order valence-corrected chi connectivity index (χ4v) is 4.23. The van der Waals surface area contributed by atoms with Crippen LogP contribution < -0.4 is 15.1 Å². The van der Waals surface area contributed by atoms with Crippen molar-refractivity contribution in [3.8, 4) is 11.5 Å². The van der Waals surface area contributed by atoms with Gasteiger partial charge >= 0.3 is 0 Å². The van der Waals surface area contributed by atoms with E-state index in [0.717, 1.165) is 10.9 Å². The Bertz CT molecular complexity index is 737. The van der Waals surface area contributed by atoms with Gasteiger partial charge in [-0.1, -0.05) is 56.1 Å². The van der Waals surface area contributed by atoms with Gasteiger partial charge in [0.05, 0.1) is 24.8 Å². The van der Waals surface area contributed by atoms with E-state index < -0.39 is 0 Å². The first kappa shape index (κ1) is 18.6. The van der Waals surface area contributed by atoms with E-state index in [1.165, 1.54) is 16.3 Å². The van der Waals surface area contributed by atoms with Crippen molar-refractivity contribution in [2.24, 2.45) is 0 Å². The monoisotopic (exact) mass is 377 g/mol. The van der Waals surface area contributed by atoms with Crippen LogP contribution in [-0.4, -0.2) is 19.8 Å². The van der Waals surface area contributed by atoms with E-state index in [9.17, 15) is 0 Å². The average Bonchev–Trinajstić information content (AvgIpc) is 2.45. The molecule has 5 heteroatoms. The zero-order valence-corrected chi connectivity index (χ0v) is 17.5. The van der Waals surface area contributed by atoms with E-state index in [-0.39, 0.29) is 5.04 Å². The van der Waals surface area contributed by atoms with E-state index in [4.69, 9.17) is 27.9 Å². The highest BCUT2D eigenvalue weighted by molar-refractivity contribution is 6.58. The van der Waals surface area contributed by atoms with Crippen molar-refractivity contribution in [2.75, 3.05) is 0 Å². The van der Waals surface area contributed by atoms with Crippen LogP contribution in [0.15, 0.2) is 24.3 Å². The predicted octanol–water partition coefficient (Wildman–Crippen LogP) is 4.74. The van der Waals surface area contributed by atoms with Gasteiger partial charge in [0.1, 0.15) is 16.5 Å². The first-order chi connectivity index (χ1) is 10.6. The van der Waals surface area contributed by atoms with E-state index in [1.54, 1.807) is 6.07 Å². The van der Waals surface area contributed by atoms with Crippen LogP contribution in [0.1, 0.15) is 31.9 Å². The van der Waals surface area contributed by atoms with Crippen LogP contribution in [-0.2, 0) is 0 Å². The summed E-state index contributed by atoms with van der Waals surface area (Å²) in [5, 5.41) is 3.10. The molecule has 0 aliphatic rings. The molecule has 2 aromatic rings. The van der Waals surface area contributed by atoms with Gasteiger partial charge in [-0.05, 0) is 52.5 Å². The van der Waals surface area contributed by atoms with E-state index in [1.807, 2.05) is 12.1 Å². The molecule has 0 fully saturated rings. The van der Waals surface area contributed by atoms with Crippen LogP contribution in [0.25, 0.3) is 0 Å². The van der Waals surface area contributed by atoms with Crippen LogP contribution in [0.2, 0.25) is 15.1 Å². The molecule has 0 atom stereocenters. The molecule has 0 unspecified atom stereocenters. The quantitative estimate of drug-likeness (QED) is 0.701. The molecule has 0 heterocycles. The molecule has 0 aromatic heterocycles. The summed E-state index contributed by atoms with van der Waals surface area (Å²) < 4.78 is 6.18. The number of aryl methyl sites for hydroxylation is 1. The van der Waals surface area contributed by atoms with Crippen molar-refractivity contribution in [1.82, 2.24) is 0 Å². The summed E-state index contributed by atoms with van der Waals surface area (Å²) in [5.74, 6) is 1.39. The third-order valence-electron chi connectivity index (χ3n) is 3.46. The van der Waals surface area contributed by atoms with Gasteiger partial charge in [0.15, 0.2) is 0 Å². The topological polar surface area (TPSA) is 9.23 Å². The van der Waals surface area contributed by atoms with Gasteiger partial charge in [-0.25, -0.2) is 0 Å². The van der Waals surface area contributed by atoms with Gasteiger partial charge in [0.25, 0.3) is 0 Å². The minimum Gasteiger partial charge on any atom is -0.456 e. The number of hydrogen-bond donors (Lipinski definition) is 0. The van der Waals surface area contributed by atoms with Gasteiger partial charge in [-0.15, -0.1) is 0 Å². The zero-order valence-electron chi connectivity index (χ0n) is 14.0. The molecule has 0 aliphatic heterocycles. The summed E-state index contributed by atoms with van der Waals surface area (Å²) in [5.41, 5.74) is 2.53. The first-order valence-corrected chi connectivity index (χ1v) is 9.61. The van der Waals surface area contributed by atoms with Gasteiger partial charge < -0.3 is 4.74 Å². The van der Waals surface area contributed by atoms with E-state index in [2.05, 4.69) is 50.9 Å².